The highest BCUT2D eigenvalue weighted by atomic mass is 79.9. The number of anilines is 1. The van der Waals surface area contributed by atoms with E-state index in [4.69, 9.17) is 16.3 Å². The summed E-state index contributed by atoms with van der Waals surface area (Å²) >= 11 is 9.52. The Hall–Kier alpha value is -3.88. The zero-order chi connectivity index (χ0) is 27.7. The lowest BCUT2D eigenvalue weighted by Crippen LogP contribution is -2.32. The molecule has 5 rings (SSSR count). The molecule has 0 radical (unpaired) electrons. The van der Waals surface area contributed by atoms with Crippen LogP contribution in [0.15, 0.2) is 83.6 Å². The molecule has 9 heteroatoms. The number of methoxy groups -OCH3 is 1. The van der Waals surface area contributed by atoms with Crippen LogP contribution < -0.4 is 9.64 Å². The van der Waals surface area contributed by atoms with Crippen molar-refractivity contribution < 1.29 is 14.3 Å². The van der Waals surface area contributed by atoms with Crippen molar-refractivity contribution in [2.45, 2.75) is 19.9 Å². The molecule has 2 aromatic heterocycles. The summed E-state index contributed by atoms with van der Waals surface area (Å²) in [6.45, 7) is 2.23. The first-order valence-corrected chi connectivity index (χ1v) is 13.4. The van der Waals surface area contributed by atoms with Crippen molar-refractivity contribution in [3.05, 3.63) is 111 Å². The molecule has 0 spiro atoms. The molecule has 0 aliphatic heterocycles. The van der Waals surface area contributed by atoms with E-state index in [1.165, 1.54) is 0 Å². The standard InChI is InChI=1S/C30H26BrClN4O3/c1-19-26(15-29(37)35(18-20-16-33-34(2)17-20)24-10-6-22(31)7-11-24)27-14-25(39-3)12-13-28(27)36(19)30(38)21-4-8-23(32)9-5-21/h4-14,16-17H,15,18H2,1-3H3. The molecule has 5 aromatic rings. The molecule has 198 valence electrons. The number of aryl methyl sites for hydroxylation is 1. The lowest BCUT2D eigenvalue weighted by atomic mass is 10.1. The molecule has 3 aromatic carbocycles. The monoisotopic (exact) mass is 604 g/mol. The number of fused-ring (bicyclic) bond motifs is 1. The topological polar surface area (TPSA) is 69.4 Å². The van der Waals surface area contributed by atoms with Gasteiger partial charge in [0.05, 0.1) is 31.8 Å². The predicted octanol–water partition coefficient (Wildman–Crippen LogP) is 6.57. The van der Waals surface area contributed by atoms with Crippen LogP contribution in [0.1, 0.15) is 27.2 Å². The van der Waals surface area contributed by atoms with Crippen molar-refractivity contribution in [2.24, 2.45) is 7.05 Å². The number of hydrogen-bond donors (Lipinski definition) is 0. The fraction of sp³-hybridized carbons (Fsp3) is 0.167. The molecule has 1 amide bonds. The SMILES string of the molecule is COc1ccc2c(c1)c(CC(=O)N(Cc1cnn(C)c1)c1ccc(Br)cc1)c(C)n2C(=O)c1ccc(Cl)cc1. The van der Waals surface area contributed by atoms with E-state index in [1.807, 2.05) is 62.6 Å². The predicted molar refractivity (Wildman–Crippen MR) is 157 cm³/mol. The second kappa shape index (κ2) is 11.1. The van der Waals surface area contributed by atoms with Crippen molar-refractivity contribution in [1.29, 1.82) is 0 Å². The summed E-state index contributed by atoms with van der Waals surface area (Å²) in [6, 6.07) is 20.0. The highest BCUT2D eigenvalue weighted by Gasteiger charge is 2.25. The van der Waals surface area contributed by atoms with E-state index in [9.17, 15) is 9.59 Å². The Bertz CT molecular complexity index is 1670. The second-order valence-electron chi connectivity index (χ2n) is 9.25. The minimum absolute atomic E-state index is 0.0900. The van der Waals surface area contributed by atoms with Crippen LogP contribution in [-0.4, -0.2) is 33.3 Å². The Balaban J connectivity index is 1.58. The van der Waals surface area contributed by atoms with Gasteiger partial charge in [-0.1, -0.05) is 27.5 Å². The van der Waals surface area contributed by atoms with Crippen LogP contribution in [0.25, 0.3) is 10.9 Å². The third-order valence-corrected chi connectivity index (χ3v) is 7.48. The van der Waals surface area contributed by atoms with Crippen LogP contribution in [0.4, 0.5) is 5.69 Å². The van der Waals surface area contributed by atoms with E-state index in [0.29, 0.717) is 34.1 Å². The van der Waals surface area contributed by atoms with Gasteiger partial charge in [0.2, 0.25) is 5.91 Å². The largest absolute Gasteiger partial charge is 0.497 e. The first-order chi connectivity index (χ1) is 18.7. The molecule has 2 heterocycles. The van der Waals surface area contributed by atoms with E-state index in [2.05, 4.69) is 21.0 Å². The third kappa shape index (κ3) is 5.48. The summed E-state index contributed by atoms with van der Waals surface area (Å²) in [4.78, 5) is 29.4. The van der Waals surface area contributed by atoms with Crippen molar-refractivity contribution >= 4 is 55.9 Å². The minimum Gasteiger partial charge on any atom is -0.497 e. The van der Waals surface area contributed by atoms with E-state index in [-0.39, 0.29) is 18.2 Å². The summed E-state index contributed by atoms with van der Waals surface area (Å²) in [5, 5.41) is 5.61. The van der Waals surface area contributed by atoms with E-state index >= 15 is 0 Å². The average Bonchev–Trinajstić information content (AvgIpc) is 3.47. The fourth-order valence-corrected chi connectivity index (χ4v) is 5.11. The number of amides is 1. The van der Waals surface area contributed by atoms with Gasteiger partial charge in [-0.05, 0) is 79.2 Å². The molecule has 0 saturated carbocycles. The van der Waals surface area contributed by atoms with Crippen molar-refractivity contribution in [2.75, 3.05) is 12.0 Å². The molecule has 7 nitrogen and oxygen atoms in total. The third-order valence-electron chi connectivity index (χ3n) is 6.70. The molecule has 0 atom stereocenters. The van der Waals surface area contributed by atoms with Crippen LogP contribution in [0.3, 0.4) is 0 Å². The maximum absolute atomic E-state index is 14.0. The highest BCUT2D eigenvalue weighted by molar-refractivity contribution is 9.10. The van der Waals surface area contributed by atoms with Gasteiger partial charge in [0.1, 0.15) is 5.75 Å². The zero-order valence-electron chi connectivity index (χ0n) is 21.7. The number of nitrogens with zero attached hydrogens (tertiary/aromatic N) is 4. The lowest BCUT2D eigenvalue weighted by Gasteiger charge is -2.23. The van der Waals surface area contributed by atoms with Crippen LogP contribution >= 0.6 is 27.5 Å². The maximum Gasteiger partial charge on any atom is 0.262 e. The van der Waals surface area contributed by atoms with Gasteiger partial charge < -0.3 is 9.64 Å². The number of ether oxygens (including phenoxy) is 1. The maximum atomic E-state index is 14.0. The van der Waals surface area contributed by atoms with Crippen LogP contribution in [-0.2, 0) is 24.8 Å². The molecule has 0 bridgehead atoms. The average molecular weight is 606 g/mol. The number of halogens is 2. The molecule has 39 heavy (non-hydrogen) atoms. The Morgan fingerprint density at radius 1 is 1.05 bits per heavy atom. The van der Waals surface area contributed by atoms with Crippen LogP contribution in [0.2, 0.25) is 5.02 Å². The van der Waals surface area contributed by atoms with Gasteiger partial charge in [-0.15, -0.1) is 0 Å². The molecular weight excluding hydrogens is 580 g/mol. The van der Waals surface area contributed by atoms with Gasteiger partial charge in [-0.3, -0.25) is 18.8 Å². The van der Waals surface area contributed by atoms with E-state index in [1.54, 1.807) is 51.7 Å². The van der Waals surface area contributed by atoms with Gasteiger partial charge in [0.15, 0.2) is 0 Å². The first kappa shape index (κ1) is 26.7. The Morgan fingerprint density at radius 3 is 2.41 bits per heavy atom. The molecule has 0 aliphatic rings. The minimum atomic E-state index is -0.196. The Kier molecular flexibility index (Phi) is 7.59. The van der Waals surface area contributed by atoms with Gasteiger partial charge in [0, 0.05) is 50.6 Å². The molecule has 0 N–H and O–H groups in total. The number of hydrogen-bond acceptors (Lipinski definition) is 4. The lowest BCUT2D eigenvalue weighted by molar-refractivity contribution is -0.118. The number of carbonyl (C=O) groups is 2. The summed E-state index contributed by atoms with van der Waals surface area (Å²) in [6.07, 6.45) is 3.74. The molecule has 0 unspecified atom stereocenters. The summed E-state index contributed by atoms with van der Waals surface area (Å²) in [5.41, 5.74) is 4.35. The highest BCUT2D eigenvalue weighted by Crippen LogP contribution is 2.32. The molecule has 0 fully saturated rings. The van der Waals surface area contributed by atoms with Crippen LogP contribution in [0.5, 0.6) is 5.75 Å². The van der Waals surface area contributed by atoms with Crippen molar-refractivity contribution in [3.63, 3.8) is 0 Å². The Labute approximate surface area is 239 Å². The van der Waals surface area contributed by atoms with Gasteiger partial charge in [-0.2, -0.15) is 5.10 Å². The van der Waals surface area contributed by atoms with E-state index in [0.717, 1.165) is 26.7 Å². The van der Waals surface area contributed by atoms with E-state index < -0.39 is 0 Å². The van der Waals surface area contributed by atoms with Crippen LogP contribution in [0, 0.1) is 6.92 Å². The van der Waals surface area contributed by atoms with Gasteiger partial charge in [0.25, 0.3) is 5.91 Å². The number of carbonyl (C=O) groups excluding carboxylic acids is 2. The smallest absolute Gasteiger partial charge is 0.262 e. The van der Waals surface area contributed by atoms with Crippen molar-refractivity contribution in [1.82, 2.24) is 14.3 Å². The quantitative estimate of drug-likeness (QED) is 0.210. The first-order valence-electron chi connectivity index (χ1n) is 12.3. The number of benzene rings is 3. The second-order valence-corrected chi connectivity index (χ2v) is 10.6. The Morgan fingerprint density at radius 2 is 1.77 bits per heavy atom. The number of aromatic nitrogens is 3. The zero-order valence-corrected chi connectivity index (χ0v) is 24.0. The summed E-state index contributed by atoms with van der Waals surface area (Å²) in [7, 11) is 3.44. The normalized spacial score (nSPS) is 11.1. The fourth-order valence-electron chi connectivity index (χ4n) is 4.72. The molecular formula is C30H26BrClN4O3. The molecule has 0 saturated heterocycles. The van der Waals surface area contributed by atoms with Gasteiger partial charge >= 0.3 is 0 Å². The van der Waals surface area contributed by atoms with Crippen molar-refractivity contribution in [3.8, 4) is 5.75 Å². The summed E-state index contributed by atoms with van der Waals surface area (Å²) < 4.78 is 9.78. The molecule has 0 aliphatic carbocycles. The van der Waals surface area contributed by atoms with Gasteiger partial charge in [-0.25, -0.2) is 0 Å². The summed E-state index contributed by atoms with van der Waals surface area (Å²) in [5.74, 6) is 0.343. The number of rotatable bonds is 7.